The van der Waals surface area contributed by atoms with Crippen LogP contribution in [0.5, 0.6) is 0 Å². The van der Waals surface area contributed by atoms with E-state index in [1.165, 1.54) is 11.1 Å². The molecule has 168 valence electrons. The predicted octanol–water partition coefficient (Wildman–Crippen LogP) is 0.885. The summed E-state index contributed by atoms with van der Waals surface area (Å²) in [4.78, 5) is 39.0. The summed E-state index contributed by atoms with van der Waals surface area (Å²) in [5, 5.41) is 12.6. The fourth-order valence-corrected chi connectivity index (χ4v) is 4.95. The minimum absolute atomic E-state index is 0.0134. The Kier molecular flexibility index (Phi) is 6.57. The van der Waals surface area contributed by atoms with Crippen LogP contribution in [0.4, 0.5) is 0 Å². The van der Waals surface area contributed by atoms with Crippen molar-refractivity contribution in [3.63, 3.8) is 0 Å². The first-order valence-electron chi connectivity index (χ1n) is 11.4. The first-order chi connectivity index (χ1) is 15.0. The Morgan fingerprint density at radius 2 is 1.81 bits per heavy atom. The molecule has 8 nitrogen and oxygen atoms in total. The number of rotatable bonds is 5. The minimum Gasteiger partial charge on any atom is -0.347 e. The van der Waals surface area contributed by atoms with E-state index in [0.29, 0.717) is 19.4 Å². The summed E-state index contributed by atoms with van der Waals surface area (Å²) in [5.74, 6) is -0.489. The van der Waals surface area contributed by atoms with E-state index in [1.807, 2.05) is 17.1 Å². The molecule has 0 bridgehead atoms. The Hall–Kier alpha value is -2.45. The lowest BCUT2D eigenvalue weighted by Gasteiger charge is -2.33. The molecule has 1 aromatic carbocycles. The third-order valence-electron chi connectivity index (χ3n) is 6.82. The van der Waals surface area contributed by atoms with E-state index in [1.54, 1.807) is 19.0 Å². The second-order valence-corrected chi connectivity index (χ2v) is 8.81. The summed E-state index contributed by atoms with van der Waals surface area (Å²) < 4.78 is 0. The van der Waals surface area contributed by atoms with Gasteiger partial charge in [-0.25, -0.2) is 5.01 Å². The molecule has 2 aliphatic heterocycles. The number of hydrazine groups is 1. The summed E-state index contributed by atoms with van der Waals surface area (Å²) in [5.41, 5.74) is 2.48. The van der Waals surface area contributed by atoms with Crippen molar-refractivity contribution < 1.29 is 14.4 Å². The minimum atomic E-state index is -0.600. The van der Waals surface area contributed by atoms with Crippen LogP contribution in [0.2, 0.25) is 0 Å². The number of carbonyl (C=O) groups excluding carboxylic acids is 3. The average Bonchev–Trinajstić information content (AvgIpc) is 3.15. The zero-order chi connectivity index (χ0) is 22.0. The molecular weight excluding hydrogens is 394 g/mol. The van der Waals surface area contributed by atoms with Crippen LogP contribution in [-0.4, -0.2) is 66.0 Å². The first kappa shape index (κ1) is 21.8. The zero-order valence-corrected chi connectivity index (χ0v) is 18.4. The molecule has 8 heteroatoms. The Morgan fingerprint density at radius 3 is 2.61 bits per heavy atom. The summed E-state index contributed by atoms with van der Waals surface area (Å²) >= 11 is 0. The van der Waals surface area contributed by atoms with Gasteiger partial charge in [0.05, 0.1) is 12.1 Å². The highest BCUT2D eigenvalue weighted by molar-refractivity contribution is 5.93. The molecule has 2 fully saturated rings. The van der Waals surface area contributed by atoms with Crippen LogP contribution in [0, 0.1) is 0 Å². The molecule has 0 spiro atoms. The summed E-state index contributed by atoms with van der Waals surface area (Å²) in [7, 11) is 1.71. The fraction of sp³-hybridized carbons (Fsp3) is 0.609. The average molecular weight is 428 g/mol. The van der Waals surface area contributed by atoms with Crippen molar-refractivity contribution in [1.82, 2.24) is 26.0 Å². The van der Waals surface area contributed by atoms with Crippen LogP contribution < -0.4 is 16.0 Å². The van der Waals surface area contributed by atoms with Crippen LogP contribution in [0.1, 0.15) is 56.2 Å². The van der Waals surface area contributed by atoms with Gasteiger partial charge in [0.25, 0.3) is 5.91 Å². The number of nitrogens with zero attached hydrogens (tertiary/aromatic N) is 2. The van der Waals surface area contributed by atoms with Gasteiger partial charge in [-0.05, 0) is 63.6 Å². The zero-order valence-electron chi connectivity index (χ0n) is 18.4. The molecule has 4 atom stereocenters. The van der Waals surface area contributed by atoms with Crippen molar-refractivity contribution in [3.8, 4) is 0 Å². The number of fused-ring (bicyclic) bond motifs is 2. The number of likely N-dealkylation sites (N-methyl/N-ethyl adjacent to an activating group) is 1. The molecule has 1 aromatic rings. The van der Waals surface area contributed by atoms with Gasteiger partial charge >= 0.3 is 0 Å². The molecular formula is C23H33N5O3. The molecule has 31 heavy (non-hydrogen) atoms. The molecule has 3 aliphatic rings. The number of hydrogen-bond acceptors (Lipinski definition) is 5. The predicted molar refractivity (Wildman–Crippen MR) is 117 cm³/mol. The number of aryl methyl sites for hydroxylation is 1. The van der Waals surface area contributed by atoms with E-state index in [9.17, 15) is 14.4 Å². The molecule has 2 heterocycles. The van der Waals surface area contributed by atoms with Gasteiger partial charge in [-0.15, -0.1) is 0 Å². The lowest BCUT2D eigenvalue weighted by molar-refractivity contribution is -0.154. The Balaban J connectivity index is 1.47. The van der Waals surface area contributed by atoms with Gasteiger partial charge in [-0.2, -0.15) is 0 Å². The van der Waals surface area contributed by atoms with Gasteiger partial charge in [0, 0.05) is 13.1 Å². The van der Waals surface area contributed by atoms with Gasteiger partial charge in [-0.3, -0.25) is 19.4 Å². The number of benzene rings is 1. The highest BCUT2D eigenvalue weighted by atomic mass is 16.2. The van der Waals surface area contributed by atoms with Crippen molar-refractivity contribution in [2.45, 2.75) is 69.6 Å². The monoisotopic (exact) mass is 427 g/mol. The normalized spacial score (nSPS) is 27.1. The van der Waals surface area contributed by atoms with E-state index >= 15 is 0 Å². The Labute approximate surface area is 183 Å². The second kappa shape index (κ2) is 9.36. The largest absolute Gasteiger partial charge is 0.347 e. The van der Waals surface area contributed by atoms with Crippen molar-refractivity contribution in [3.05, 3.63) is 35.4 Å². The summed E-state index contributed by atoms with van der Waals surface area (Å²) in [6, 6.07) is 6.75. The lowest BCUT2D eigenvalue weighted by Crippen LogP contribution is -2.57. The molecule has 0 saturated carbocycles. The maximum Gasteiger partial charge on any atom is 0.260 e. The quantitative estimate of drug-likeness (QED) is 0.649. The fourth-order valence-electron chi connectivity index (χ4n) is 4.95. The van der Waals surface area contributed by atoms with E-state index in [4.69, 9.17) is 0 Å². The molecule has 1 aliphatic carbocycles. The highest BCUT2D eigenvalue weighted by Crippen LogP contribution is 2.31. The molecule has 1 unspecified atom stereocenters. The third-order valence-corrected chi connectivity index (χ3v) is 6.82. The van der Waals surface area contributed by atoms with Gasteiger partial charge in [-0.1, -0.05) is 24.3 Å². The van der Waals surface area contributed by atoms with Gasteiger partial charge in [0.15, 0.2) is 0 Å². The van der Waals surface area contributed by atoms with Crippen molar-refractivity contribution in [2.24, 2.45) is 0 Å². The summed E-state index contributed by atoms with van der Waals surface area (Å²) in [6.45, 7) is 3.16. The SMILES string of the molecule is CN[C@@H](C)C(=O)NC1CCCN2CC[C@@H](C(=O)N[C@@H]3CCCc4ccccc43)N2C1=O. The molecule has 2 saturated heterocycles. The maximum absolute atomic E-state index is 13.3. The van der Waals surface area contributed by atoms with Gasteiger partial charge in [0.1, 0.15) is 12.1 Å². The number of hydrogen-bond donors (Lipinski definition) is 3. The van der Waals surface area contributed by atoms with Gasteiger partial charge in [0.2, 0.25) is 11.8 Å². The second-order valence-electron chi connectivity index (χ2n) is 8.81. The molecule has 3 amide bonds. The molecule has 3 N–H and O–H groups in total. The standard InChI is InChI=1S/C23H33N5O3/c1-15(24-2)21(29)26-19-11-6-13-27-14-12-20(28(27)23(19)31)22(30)25-18-10-5-8-16-7-3-4-9-17(16)18/h3-4,7,9,15,18-20,24H,5-6,8,10-14H2,1-2H3,(H,25,30)(H,26,29)/t15-,18+,19?,20-/m0/s1. The van der Waals surface area contributed by atoms with Crippen LogP contribution >= 0.6 is 0 Å². The topological polar surface area (TPSA) is 93.8 Å². The molecule has 0 radical (unpaired) electrons. The number of amides is 3. The van der Waals surface area contributed by atoms with E-state index < -0.39 is 12.1 Å². The first-order valence-corrected chi connectivity index (χ1v) is 11.4. The lowest BCUT2D eigenvalue weighted by atomic mass is 9.87. The molecule has 4 rings (SSSR count). The van der Waals surface area contributed by atoms with Crippen LogP contribution in [0.3, 0.4) is 0 Å². The Bertz CT molecular complexity index is 844. The van der Waals surface area contributed by atoms with E-state index in [0.717, 1.165) is 32.2 Å². The van der Waals surface area contributed by atoms with E-state index in [-0.39, 0.29) is 29.8 Å². The van der Waals surface area contributed by atoms with Crippen LogP contribution in [0.25, 0.3) is 0 Å². The van der Waals surface area contributed by atoms with Crippen molar-refractivity contribution in [2.75, 3.05) is 20.1 Å². The third kappa shape index (κ3) is 4.45. The maximum atomic E-state index is 13.3. The van der Waals surface area contributed by atoms with Crippen LogP contribution in [-0.2, 0) is 20.8 Å². The van der Waals surface area contributed by atoms with Crippen molar-refractivity contribution in [1.29, 1.82) is 0 Å². The smallest absolute Gasteiger partial charge is 0.260 e. The summed E-state index contributed by atoms with van der Waals surface area (Å²) in [6.07, 6.45) is 4.98. The number of nitrogens with one attached hydrogen (secondary N) is 3. The van der Waals surface area contributed by atoms with Crippen molar-refractivity contribution >= 4 is 17.7 Å². The van der Waals surface area contributed by atoms with E-state index in [2.05, 4.69) is 28.1 Å². The molecule has 0 aromatic heterocycles. The Morgan fingerprint density at radius 1 is 1.03 bits per heavy atom. The van der Waals surface area contributed by atoms with Gasteiger partial charge < -0.3 is 16.0 Å². The highest BCUT2D eigenvalue weighted by Gasteiger charge is 2.44. The number of carbonyl (C=O) groups is 3. The van der Waals surface area contributed by atoms with Crippen LogP contribution in [0.15, 0.2) is 24.3 Å².